The van der Waals surface area contributed by atoms with Crippen LogP contribution in [0.4, 0.5) is 0 Å². The van der Waals surface area contributed by atoms with Gasteiger partial charge in [-0.3, -0.25) is 4.99 Å². The number of aliphatic hydroxyl groups excluding tert-OH is 1. The third-order valence-corrected chi connectivity index (χ3v) is 6.70. The van der Waals surface area contributed by atoms with E-state index in [2.05, 4.69) is 54.8 Å². The van der Waals surface area contributed by atoms with E-state index in [9.17, 15) is 5.11 Å². The summed E-state index contributed by atoms with van der Waals surface area (Å²) in [5.74, 6) is 0.746. The zero-order valence-corrected chi connectivity index (χ0v) is 17.9. The fourth-order valence-electron chi connectivity index (χ4n) is 3.53. The molecular formula is C21H32N4O2S. The number of likely N-dealkylation sites (N-methyl/N-ethyl adjacent to an activating group) is 1. The summed E-state index contributed by atoms with van der Waals surface area (Å²) < 4.78 is 6.74. The van der Waals surface area contributed by atoms with Gasteiger partial charge in [-0.1, -0.05) is 18.2 Å². The summed E-state index contributed by atoms with van der Waals surface area (Å²) >= 11 is 1.64. The number of fused-ring (bicyclic) bond motifs is 1. The minimum atomic E-state index is -0.563. The minimum Gasteiger partial charge on any atom is -0.386 e. The van der Waals surface area contributed by atoms with Crippen LogP contribution in [0.15, 0.2) is 35.3 Å². The molecule has 3 rings (SSSR count). The van der Waals surface area contributed by atoms with E-state index in [4.69, 9.17) is 9.73 Å². The van der Waals surface area contributed by atoms with Crippen molar-refractivity contribution in [1.82, 2.24) is 15.5 Å². The zero-order valence-electron chi connectivity index (χ0n) is 17.1. The van der Waals surface area contributed by atoms with Crippen LogP contribution in [0.2, 0.25) is 0 Å². The molecule has 2 aromatic rings. The van der Waals surface area contributed by atoms with E-state index >= 15 is 0 Å². The predicted molar refractivity (Wildman–Crippen MR) is 117 cm³/mol. The van der Waals surface area contributed by atoms with E-state index in [0.29, 0.717) is 13.1 Å². The lowest BCUT2D eigenvalue weighted by Crippen LogP contribution is -2.52. The lowest BCUT2D eigenvalue weighted by atomic mass is 9.89. The molecule has 0 radical (unpaired) electrons. The van der Waals surface area contributed by atoms with Gasteiger partial charge in [-0.15, -0.1) is 11.3 Å². The molecule has 6 nitrogen and oxygen atoms in total. The molecule has 2 heterocycles. The molecule has 7 heteroatoms. The molecule has 1 atom stereocenters. The number of nitrogens with zero attached hydrogens (tertiary/aromatic N) is 2. The molecule has 1 aromatic heterocycles. The maximum absolute atomic E-state index is 10.6. The molecule has 0 saturated carbocycles. The molecule has 1 saturated heterocycles. The first-order chi connectivity index (χ1) is 13.5. The first-order valence-electron chi connectivity index (χ1n) is 9.98. The smallest absolute Gasteiger partial charge is 0.191 e. The van der Waals surface area contributed by atoms with Crippen molar-refractivity contribution in [2.45, 2.75) is 31.4 Å². The van der Waals surface area contributed by atoms with Gasteiger partial charge in [0.25, 0.3) is 0 Å². The monoisotopic (exact) mass is 404 g/mol. The lowest BCUT2D eigenvalue weighted by Gasteiger charge is -2.41. The number of thiophene rings is 1. The Hall–Kier alpha value is -1.67. The van der Waals surface area contributed by atoms with Gasteiger partial charge in [0.15, 0.2) is 5.96 Å². The van der Waals surface area contributed by atoms with Gasteiger partial charge in [-0.25, -0.2) is 0 Å². The third kappa shape index (κ3) is 5.03. The predicted octanol–water partition coefficient (Wildman–Crippen LogP) is 2.60. The molecule has 0 amide bonds. The first-order valence-corrected chi connectivity index (χ1v) is 10.8. The summed E-state index contributed by atoms with van der Waals surface area (Å²) in [5, 5.41) is 18.4. The first kappa shape index (κ1) is 21.0. The lowest BCUT2D eigenvalue weighted by molar-refractivity contribution is -0.00255. The van der Waals surface area contributed by atoms with Crippen molar-refractivity contribution >= 4 is 27.4 Å². The van der Waals surface area contributed by atoms with Crippen molar-refractivity contribution < 1.29 is 9.84 Å². The van der Waals surface area contributed by atoms with E-state index in [0.717, 1.165) is 43.4 Å². The summed E-state index contributed by atoms with van der Waals surface area (Å²) in [6, 6.07) is 10.3. The van der Waals surface area contributed by atoms with Gasteiger partial charge >= 0.3 is 0 Å². The van der Waals surface area contributed by atoms with Crippen LogP contribution < -0.4 is 10.6 Å². The molecule has 28 heavy (non-hydrogen) atoms. The fraction of sp³-hybridized carbons (Fsp3) is 0.571. The Bertz CT molecular complexity index is 751. The second kappa shape index (κ2) is 9.69. The van der Waals surface area contributed by atoms with Crippen molar-refractivity contribution in [3.05, 3.63) is 35.2 Å². The standard InChI is InChI=1S/C21H32N4O2S/c1-4-22-20(24-15-21(25(2)3)9-11-27-12-10-21)23-14-17(26)19-13-16-7-5-6-8-18(16)28-19/h5-8,13,17,26H,4,9-12,14-15H2,1-3H3,(H2,22,23,24). The van der Waals surface area contributed by atoms with E-state index in [-0.39, 0.29) is 5.54 Å². The zero-order chi connectivity index (χ0) is 20.0. The topological polar surface area (TPSA) is 69.1 Å². The molecule has 1 fully saturated rings. The van der Waals surface area contributed by atoms with Gasteiger partial charge in [-0.05, 0) is 51.4 Å². The van der Waals surface area contributed by atoms with Crippen LogP contribution in [-0.2, 0) is 4.74 Å². The number of benzene rings is 1. The number of aliphatic imine (C=N–C) groups is 1. The van der Waals surface area contributed by atoms with Crippen LogP contribution in [0.5, 0.6) is 0 Å². The number of rotatable bonds is 7. The Balaban J connectivity index is 1.63. The second-order valence-electron chi connectivity index (χ2n) is 7.51. The number of hydrogen-bond acceptors (Lipinski definition) is 5. The highest BCUT2D eigenvalue weighted by molar-refractivity contribution is 7.19. The van der Waals surface area contributed by atoms with Gasteiger partial charge in [0.1, 0.15) is 6.10 Å². The quantitative estimate of drug-likeness (QED) is 0.489. The summed E-state index contributed by atoms with van der Waals surface area (Å²) in [4.78, 5) is 8.07. The average molecular weight is 405 g/mol. The molecule has 0 spiro atoms. The molecule has 154 valence electrons. The van der Waals surface area contributed by atoms with Gasteiger partial charge < -0.3 is 25.4 Å². The molecule has 0 aliphatic carbocycles. The maximum atomic E-state index is 10.6. The van der Waals surface area contributed by atoms with Crippen LogP contribution >= 0.6 is 11.3 Å². The molecular weight excluding hydrogens is 372 g/mol. The number of nitrogens with one attached hydrogen (secondary N) is 2. The van der Waals surface area contributed by atoms with Crippen LogP contribution in [-0.4, -0.2) is 68.4 Å². The number of guanidine groups is 1. The molecule has 1 aromatic carbocycles. The van der Waals surface area contributed by atoms with Crippen LogP contribution in [0.1, 0.15) is 30.7 Å². The molecule has 1 aliphatic rings. The van der Waals surface area contributed by atoms with Crippen molar-refractivity contribution in [3.63, 3.8) is 0 Å². The van der Waals surface area contributed by atoms with Crippen LogP contribution in [0.25, 0.3) is 10.1 Å². The number of hydrogen-bond donors (Lipinski definition) is 3. The van der Waals surface area contributed by atoms with Crippen molar-refractivity contribution in [1.29, 1.82) is 0 Å². The summed E-state index contributed by atoms with van der Waals surface area (Å²) in [6.45, 7) is 5.53. The Morgan fingerprint density at radius 1 is 1.29 bits per heavy atom. The maximum Gasteiger partial charge on any atom is 0.191 e. The summed E-state index contributed by atoms with van der Waals surface area (Å²) in [6.07, 6.45) is 1.40. The number of aliphatic hydroxyl groups is 1. The molecule has 1 aliphatic heterocycles. The Labute approximate surface area is 171 Å². The highest BCUT2D eigenvalue weighted by atomic mass is 32.1. The second-order valence-corrected chi connectivity index (χ2v) is 8.62. The Morgan fingerprint density at radius 3 is 2.71 bits per heavy atom. The van der Waals surface area contributed by atoms with Gasteiger partial charge in [-0.2, -0.15) is 0 Å². The van der Waals surface area contributed by atoms with Gasteiger partial charge in [0.2, 0.25) is 0 Å². The minimum absolute atomic E-state index is 0.0324. The van der Waals surface area contributed by atoms with E-state index in [1.807, 2.05) is 12.1 Å². The van der Waals surface area contributed by atoms with E-state index in [1.54, 1.807) is 11.3 Å². The van der Waals surface area contributed by atoms with Crippen molar-refractivity contribution in [3.8, 4) is 0 Å². The highest BCUT2D eigenvalue weighted by Crippen LogP contribution is 2.29. The van der Waals surface area contributed by atoms with Gasteiger partial charge in [0, 0.05) is 41.4 Å². The highest BCUT2D eigenvalue weighted by Gasteiger charge is 2.34. The molecule has 0 bridgehead atoms. The van der Waals surface area contributed by atoms with Crippen LogP contribution in [0, 0.1) is 0 Å². The largest absolute Gasteiger partial charge is 0.386 e. The third-order valence-electron chi connectivity index (χ3n) is 5.48. The Kier molecular flexibility index (Phi) is 7.29. The van der Waals surface area contributed by atoms with Gasteiger partial charge in [0.05, 0.1) is 6.54 Å². The van der Waals surface area contributed by atoms with Crippen molar-refractivity contribution in [2.75, 3.05) is 46.9 Å². The fourth-order valence-corrected chi connectivity index (χ4v) is 4.58. The molecule has 3 N–H and O–H groups in total. The average Bonchev–Trinajstić information content (AvgIpc) is 3.15. The SMILES string of the molecule is CCNC(=NCC1(N(C)C)CCOCC1)NCC(O)c1cc2ccccc2s1. The normalized spacial score (nSPS) is 18.4. The van der Waals surface area contributed by atoms with Crippen LogP contribution in [0.3, 0.4) is 0 Å². The van der Waals surface area contributed by atoms with Crippen molar-refractivity contribution in [2.24, 2.45) is 4.99 Å². The van der Waals surface area contributed by atoms with E-state index in [1.165, 1.54) is 10.1 Å². The molecule has 1 unspecified atom stereocenters. The summed E-state index contributed by atoms with van der Waals surface area (Å²) in [7, 11) is 4.23. The Morgan fingerprint density at radius 2 is 2.04 bits per heavy atom. The number of ether oxygens (including phenoxy) is 1. The van der Waals surface area contributed by atoms with E-state index < -0.39 is 6.10 Å². The summed E-state index contributed by atoms with van der Waals surface area (Å²) in [5.41, 5.74) is 0.0324.